The third kappa shape index (κ3) is 2.79. The molecule has 0 unspecified atom stereocenters. The van der Waals surface area contributed by atoms with Crippen LogP contribution in [0.25, 0.3) is 86.2 Å². The summed E-state index contributed by atoms with van der Waals surface area (Å²) >= 11 is 0. The summed E-state index contributed by atoms with van der Waals surface area (Å²) in [5.41, 5.74) is 118. The monoisotopic (exact) mass is 695 g/mol. The Labute approximate surface area is 292 Å². The Morgan fingerprint density at radius 2 is 0.327 bits per heavy atom. The molecule has 0 spiro atoms. The van der Waals surface area contributed by atoms with Gasteiger partial charge >= 0.3 is 0 Å². The summed E-state index contributed by atoms with van der Waals surface area (Å²) in [5, 5.41) is 7.17. The number of rotatable bonds is 0. The smallest absolute Gasteiger partial charge is 0.0810 e. The molecule has 0 fully saturated rings. The molecule has 0 radical (unpaired) electrons. The van der Waals surface area contributed by atoms with Gasteiger partial charge in [0.15, 0.2) is 0 Å². The average Bonchev–Trinajstić information content (AvgIpc) is 3.66. The van der Waals surface area contributed by atoms with Gasteiger partial charge in [-0.25, -0.2) is 0 Å². The minimum absolute atomic E-state index is 0.0482. The maximum absolute atomic E-state index is 7.33. The molecule has 9 aromatic rings. The minimum atomic E-state index is 0.0482. The Hall–Kier alpha value is -7.82. The first-order chi connectivity index (χ1) is 24.4. The van der Waals surface area contributed by atoms with Crippen molar-refractivity contribution in [2.75, 3.05) is 97.5 Å². The fourth-order valence-electron chi connectivity index (χ4n) is 8.92. The molecule has 0 aliphatic heterocycles. The quantitative estimate of drug-likeness (QED) is 0.0615. The van der Waals surface area contributed by atoms with Crippen molar-refractivity contribution >= 4 is 183 Å². The molecule has 0 amide bonds. The number of benzene rings is 7. The second-order valence-corrected chi connectivity index (χ2v) is 13.7. The van der Waals surface area contributed by atoms with Crippen molar-refractivity contribution in [3.63, 3.8) is 0 Å². The van der Waals surface area contributed by atoms with E-state index in [2.05, 4.69) is 0 Å². The summed E-state index contributed by atoms with van der Waals surface area (Å²) in [7, 11) is 0. The molecule has 0 aliphatic rings. The molecular weight excluding hydrogens is 659 g/mol. The fraction of sp³-hybridized carbons (Fsp3) is 0.0286. The Balaban J connectivity index is 1.72. The van der Waals surface area contributed by atoms with Crippen LogP contribution in [0.2, 0.25) is 0 Å². The summed E-state index contributed by atoms with van der Waals surface area (Å²) in [6.07, 6.45) is 0. The second kappa shape index (κ2) is 8.66. The molecule has 34 N–H and O–H groups in total. The topological polar surface area (TPSA) is 442 Å². The Kier molecular flexibility index (Phi) is 5.04. The maximum atomic E-state index is 7.33. The van der Waals surface area contributed by atoms with Gasteiger partial charge in [-0.15, -0.1) is 0 Å². The lowest BCUT2D eigenvalue weighted by Crippen LogP contribution is -2.08. The van der Waals surface area contributed by atoms with E-state index in [0.717, 1.165) is 0 Å². The van der Waals surface area contributed by atoms with E-state index in [1.165, 1.54) is 0 Å². The summed E-state index contributed by atoms with van der Waals surface area (Å²) in [6.45, 7) is 1.82. The Morgan fingerprint density at radius 3 is 0.712 bits per heavy atom. The Bertz CT molecular complexity index is 3260. The van der Waals surface area contributed by atoms with Crippen LogP contribution in [0.5, 0.6) is 0 Å². The molecule has 52 heavy (non-hydrogen) atoms. The van der Waals surface area contributed by atoms with Gasteiger partial charge in [-0.3, -0.25) is 0 Å². The van der Waals surface area contributed by atoms with Crippen molar-refractivity contribution < 1.29 is 0 Å². The van der Waals surface area contributed by atoms with Crippen LogP contribution in [0.1, 0.15) is 5.56 Å². The predicted octanol–water partition coefficient (Wildman–Crippen LogP) is 2.99. The molecule has 9 aromatic carbocycles. The maximum Gasteiger partial charge on any atom is 0.0810 e. The van der Waals surface area contributed by atoms with Crippen LogP contribution in [0.4, 0.5) is 96.7 Å². The lowest BCUT2D eigenvalue weighted by atomic mass is 9.88. The van der Waals surface area contributed by atoms with Crippen LogP contribution in [-0.4, -0.2) is 0 Å². The SMILES string of the molecule is Cc1c(N)c(N)c2c3c(N)c(N)c(N)c(N)c3c3c(N)c4c(N)c5c(c(N)c4c1c23)c1c(N)c(N)c(N)c2c3c(N)c(N)c(N)c(N)c3c(N)c5c21. The molecule has 17 heteroatoms. The van der Waals surface area contributed by atoms with E-state index in [9.17, 15) is 0 Å². The zero-order chi connectivity index (χ0) is 37.6. The molecule has 262 valence electrons. The van der Waals surface area contributed by atoms with Crippen LogP contribution in [-0.2, 0) is 0 Å². The number of fused-ring (bicyclic) bond motifs is 10. The van der Waals surface area contributed by atoms with Crippen molar-refractivity contribution in [3.05, 3.63) is 5.56 Å². The molecule has 0 heterocycles. The lowest BCUT2D eigenvalue weighted by Gasteiger charge is -2.20. The number of nitrogen functional groups attached to an aromatic ring is 17. The zero-order valence-electron chi connectivity index (χ0n) is 27.8. The van der Waals surface area contributed by atoms with Crippen LogP contribution in [0.15, 0.2) is 0 Å². The number of hydrogen-bond donors (Lipinski definition) is 17. The summed E-state index contributed by atoms with van der Waals surface area (Å²) < 4.78 is 0. The van der Waals surface area contributed by atoms with Gasteiger partial charge in [0.25, 0.3) is 0 Å². The highest BCUT2D eigenvalue weighted by Crippen LogP contribution is 2.62. The zero-order valence-corrected chi connectivity index (χ0v) is 27.8. The normalized spacial score (nSPS) is 12.5. The van der Waals surface area contributed by atoms with E-state index in [0.29, 0.717) is 91.7 Å². The van der Waals surface area contributed by atoms with Crippen molar-refractivity contribution in [3.8, 4) is 0 Å². The van der Waals surface area contributed by atoms with Crippen molar-refractivity contribution in [1.29, 1.82) is 0 Å². The van der Waals surface area contributed by atoms with Crippen LogP contribution >= 0.6 is 0 Å². The van der Waals surface area contributed by atoms with Gasteiger partial charge in [0, 0.05) is 86.5 Å². The van der Waals surface area contributed by atoms with Gasteiger partial charge in [-0.1, -0.05) is 0 Å². The molecule has 0 aromatic heterocycles. The number of nitrogens with two attached hydrogens (primary N) is 17. The highest BCUT2D eigenvalue weighted by molar-refractivity contribution is 6.54. The molecule has 0 bridgehead atoms. The third-order valence-corrected chi connectivity index (χ3v) is 11.4. The largest absolute Gasteiger partial charge is 0.398 e. The van der Waals surface area contributed by atoms with Crippen molar-refractivity contribution in [2.45, 2.75) is 6.92 Å². The highest BCUT2D eigenvalue weighted by atomic mass is 14.8. The number of aryl methyl sites for hydroxylation is 1. The molecule has 0 aliphatic carbocycles. The first kappa shape index (κ1) is 30.3. The van der Waals surface area contributed by atoms with E-state index in [4.69, 9.17) is 97.5 Å². The predicted molar refractivity (Wildman–Crippen MR) is 229 cm³/mol. The van der Waals surface area contributed by atoms with E-state index in [-0.39, 0.29) is 96.7 Å². The third-order valence-electron chi connectivity index (χ3n) is 11.4. The first-order valence-corrected chi connectivity index (χ1v) is 15.9. The van der Waals surface area contributed by atoms with E-state index >= 15 is 0 Å². The summed E-state index contributed by atoms with van der Waals surface area (Å²) in [6, 6.07) is 0. The molecular formula is C35H37N17. The van der Waals surface area contributed by atoms with E-state index in [1.54, 1.807) is 0 Å². The molecule has 9 rings (SSSR count). The van der Waals surface area contributed by atoms with Crippen LogP contribution in [0.3, 0.4) is 0 Å². The number of anilines is 17. The number of hydrogen-bond acceptors (Lipinski definition) is 17. The first-order valence-electron chi connectivity index (χ1n) is 15.9. The van der Waals surface area contributed by atoms with Crippen molar-refractivity contribution in [1.82, 2.24) is 0 Å². The van der Waals surface area contributed by atoms with Gasteiger partial charge in [-0.2, -0.15) is 0 Å². The summed E-state index contributed by atoms with van der Waals surface area (Å²) in [4.78, 5) is 0. The highest BCUT2D eigenvalue weighted by Gasteiger charge is 2.33. The van der Waals surface area contributed by atoms with E-state index in [1.807, 2.05) is 6.92 Å². The fourth-order valence-corrected chi connectivity index (χ4v) is 8.92. The van der Waals surface area contributed by atoms with Gasteiger partial charge in [0.1, 0.15) is 0 Å². The van der Waals surface area contributed by atoms with Gasteiger partial charge < -0.3 is 97.5 Å². The lowest BCUT2D eigenvalue weighted by molar-refractivity contribution is 1.55. The second-order valence-electron chi connectivity index (χ2n) is 13.7. The van der Waals surface area contributed by atoms with Gasteiger partial charge in [0.05, 0.1) is 91.0 Å². The van der Waals surface area contributed by atoms with E-state index < -0.39 is 0 Å². The molecule has 0 atom stereocenters. The molecule has 0 saturated heterocycles. The van der Waals surface area contributed by atoms with Gasteiger partial charge in [0.2, 0.25) is 0 Å². The van der Waals surface area contributed by atoms with Crippen LogP contribution < -0.4 is 97.5 Å². The van der Waals surface area contributed by atoms with Crippen molar-refractivity contribution in [2.24, 2.45) is 0 Å². The molecule has 0 saturated carbocycles. The average molecular weight is 696 g/mol. The van der Waals surface area contributed by atoms with Crippen LogP contribution in [0, 0.1) is 6.92 Å². The Morgan fingerprint density at radius 1 is 0.154 bits per heavy atom. The molecule has 17 nitrogen and oxygen atoms in total. The summed E-state index contributed by atoms with van der Waals surface area (Å²) in [5.74, 6) is 0. The minimum Gasteiger partial charge on any atom is -0.398 e. The van der Waals surface area contributed by atoms with Gasteiger partial charge in [-0.05, 0) is 17.9 Å². The standard InChI is InChI=1S/C35H37N17/c1-2-3-4-7(14-15(9(4)24(41)19(2)36)28(45)33(50)32(49)27(14)44)21(38)17-6(3)20(37)13-10-5-8(12(13)23(17)40)22(39)18-16(11(5)26(43)31(48)25(10)42)29(46)34(51)35(52)30(18)47/h36-52H2,1H3.